The van der Waals surface area contributed by atoms with E-state index in [1.54, 1.807) is 0 Å². The van der Waals surface area contributed by atoms with Gasteiger partial charge in [0.2, 0.25) is 0 Å². The van der Waals surface area contributed by atoms with Crippen LogP contribution in [-0.2, 0) is 0 Å². The molecule has 16 heavy (non-hydrogen) atoms. The lowest BCUT2D eigenvalue weighted by Gasteiger charge is -2.33. The smallest absolute Gasteiger partial charge is 0.393 e. The fraction of sp³-hybridized carbons (Fsp3) is 0.900. The molecule has 1 heterocycles. The topological polar surface area (TPSA) is 29.3 Å². The first-order valence-electron chi connectivity index (χ1n) is 5.47. The van der Waals surface area contributed by atoms with Crippen molar-refractivity contribution in [2.24, 2.45) is 11.7 Å². The van der Waals surface area contributed by atoms with Crippen LogP contribution >= 0.6 is 12.2 Å². The van der Waals surface area contributed by atoms with E-state index in [4.69, 9.17) is 18.0 Å². The summed E-state index contributed by atoms with van der Waals surface area (Å²) < 4.78 is 37.5. The monoisotopic (exact) mass is 254 g/mol. The lowest BCUT2D eigenvalue weighted by molar-refractivity contribution is -0.186. The number of hydrogen-bond acceptors (Lipinski definition) is 2. The normalized spacial score (nSPS) is 23.3. The van der Waals surface area contributed by atoms with Crippen LogP contribution in [-0.4, -0.2) is 35.7 Å². The Balaban J connectivity index is 2.31. The molecule has 1 rings (SSSR count). The minimum Gasteiger partial charge on any atom is -0.393 e. The van der Waals surface area contributed by atoms with E-state index in [0.717, 1.165) is 13.0 Å². The molecule has 1 fully saturated rings. The summed E-state index contributed by atoms with van der Waals surface area (Å²) in [6.45, 7) is 1.54. The lowest BCUT2D eigenvalue weighted by atomic mass is 9.97. The lowest BCUT2D eigenvalue weighted by Crippen LogP contribution is -2.42. The van der Waals surface area contributed by atoms with Gasteiger partial charge in [0.25, 0.3) is 0 Å². The third kappa shape index (κ3) is 4.65. The highest BCUT2D eigenvalue weighted by Crippen LogP contribution is 2.33. The van der Waals surface area contributed by atoms with Crippen molar-refractivity contribution in [2.75, 3.05) is 19.6 Å². The average molecular weight is 254 g/mol. The van der Waals surface area contributed by atoms with Crippen LogP contribution in [0.4, 0.5) is 13.2 Å². The molecule has 0 aromatic carbocycles. The Morgan fingerprint density at radius 2 is 2.12 bits per heavy atom. The predicted molar refractivity (Wildman–Crippen MR) is 61.2 cm³/mol. The minimum atomic E-state index is -4.05. The first-order valence-corrected chi connectivity index (χ1v) is 5.88. The maximum absolute atomic E-state index is 12.5. The number of hydrogen-bond donors (Lipinski definition) is 1. The van der Waals surface area contributed by atoms with Crippen LogP contribution in [0.25, 0.3) is 0 Å². The summed E-state index contributed by atoms with van der Waals surface area (Å²) in [5, 5.41) is 0. The molecule has 0 aromatic heterocycles. The minimum absolute atomic E-state index is 0.126. The largest absolute Gasteiger partial charge is 0.393 e. The zero-order chi connectivity index (χ0) is 12.2. The molecule has 6 heteroatoms. The van der Waals surface area contributed by atoms with Gasteiger partial charge in [0, 0.05) is 6.54 Å². The molecule has 1 aliphatic heterocycles. The third-order valence-electron chi connectivity index (χ3n) is 2.87. The van der Waals surface area contributed by atoms with Gasteiger partial charge < -0.3 is 10.6 Å². The number of likely N-dealkylation sites (tertiary alicyclic amines) is 1. The van der Waals surface area contributed by atoms with E-state index < -0.39 is 12.1 Å². The van der Waals surface area contributed by atoms with E-state index in [-0.39, 0.29) is 13.0 Å². The SMILES string of the molecule is NC(=S)CCCN1CCCC(C(F)(F)F)C1. The number of halogens is 3. The van der Waals surface area contributed by atoms with Crippen molar-refractivity contribution in [2.45, 2.75) is 31.9 Å². The molecule has 1 aliphatic rings. The van der Waals surface area contributed by atoms with Crippen LogP contribution in [0, 0.1) is 5.92 Å². The van der Waals surface area contributed by atoms with Gasteiger partial charge >= 0.3 is 6.18 Å². The van der Waals surface area contributed by atoms with Crippen molar-refractivity contribution in [3.05, 3.63) is 0 Å². The van der Waals surface area contributed by atoms with Gasteiger partial charge in [-0.15, -0.1) is 0 Å². The van der Waals surface area contributed by atoms with E-state index in [0.29, 0.717) is 24.4 Å². The van der Waals surface area contributed by atoms with Crippen molar-refractivity contribution in [3.8, 4) is 0 Å². The van der Waals surface area contributed by atoms with Crippen LogP contribution in [0.2, 0.25) is 0 Å². The number of rotatable bonds is 4. The Morgan fingerprint density at radius 3 is 2.69 bits per heavy atom. The van der Waals surface area contributed by atoms with Crippen LogP contribution in [0.1, 0.15) is 25.7 Å². The molecule has 0 aliphatic carbocycles. The second-order valence-corrected chi connectivity index (χ2v) is 4.78. The average Bonchev–Trinajstić information content (AvgIpc) is 2.16. The molecule has 2 N–H and O–H groups in total. The van der Waals surface area contributed by atoms with Crippen molar-refractivity contribution < 1.29 is 13.2 Å². The fourth-order valence-electron chi connectivity index (χ4n) is 2.00. The molecular weight excluding hydrogens is 237 g/mol. The molecule has 0 radical (unpaired) electrons. The molecule has 0 spiro atoms. The first kappa shape index (κ1) is 13.7. The second kappa shape index (κ2) is 5.82. The van der Waals surface area contributed by atoms with Crippen LogP contribution in [0.5, 0.6) is 0 Å². The molecule has 1 atom stereocenters. The summed E-state index contributed by atoms with van der Waals surface area (Å²) in [5.74, 6) is -1.16. The maximum Gasteiger partial charge on any atom is 0.393 e. The maximum atomic E-state index is 12.5. The summed E-state index contributed by atoms with van der Waals surface area (Å²) in [7, 11) is 0. The van der Waals surface area contributed by atoms with Crippen molar-refractivity contribution in [1.29, 1.82) is 0 Å². The predicted octanol–water partition coefficient (Wildman–Crippen LogP) is 2.33. The van der Waals surface area contributed by atoms with Crippen molar-refractivity contribution >= 4 is 17.2 Å². The highest BCUT2D eigenvalue weighted by molar-refractivity contribution is 7.80. The first-order chi connectivity index (χ1) is 7.39. The summed E-state index contributed by atoms with van der Waals surface area (Å²) in [5.41, 5.74) is 5.34. The van der Waals surface area contributed by atoms with E-state index in [9.17, 15) is 13.2 Å². The summed E-state index contributed by atoms with van der Waals surface area (Å²) in [6, 6.07) is 0. The molecule has 0 saturated carbocycles. The number of nitrogens with two attached hydrogens (primary N) is 1. The molecule has 0 amide bonds. The molecule has 94 valence electrons. The summed E-state index contributed by atoms with van der Waals surface area (Å²) in [4.78, 5) is 2.30. The van der Waals surface area contributed by atoms with Crippen LogP contribution in [0.15, 0.2) is 0 Å². The summed E-state index contributed by atoms with van der Waals surface area (Å²) in [6.07, 6.45) is -1.81. The van der Waals surface area contributed by atoms with E-state index >= 15 is 0 Å². The molecule has 2 nitrogen and oxygen atoms in total. The number of thiocarbonyl (C=S) groups is 1. The van der Waals surface area contributed by atoms with Crippen molar-refractivity contribution in [3.63, 3.8) is 0 Å². The Morgan fingerprint density at radius 1 is 1.44 bits per heavy atom. The Bertz CT molecular complexity index is 243. The summed E-state index contributed by atoms with van der Waals surface area (Å²) >= 11 is 4.72. The van der Waals surface area contributed by atoms with Crippen LogP contribution in [0.3, 0.4) is 0 Å². The Hall–Kier alpha value is -0.360. The Labute approximate surface area is 99.0 Å². The number of alkyl halides is 3. The zero-order valence-corrected chi connectivity index (χ0v) is 9.91. The van der Waals surface area contributed by atoms with Gasteiger partial charge in [-0.1, -0.05) is 12.2 Å². The third-order valence-corrected chi connectivity index (χ3v) is 3.07. The van der Waals surface area contributed by atoms with Gasteiger partial charge in [-0.3, -0.25) is 0 Å². The van der Waals surface area contributed by atoms with E-state index in [2.05, 4.69) is 0 Å². The number of piperidine rings is 1. The highest BCUT2D eigenvalue weighted by atomic mass is 32.1. The highest BCUT2D eigenvalue weighted by Gasteiger charge is 2.41. The number of nitrogens with zero attached hydrogens (tertiary/aromatic N) is 1. The molecule has 1 saturated heterocycles. The van der Waals surface area contributed by atoms with E-state index in [1.165, 1.54) is 0 Å². The zero-order valence-electron chi connectivity index (χ0n) is 9.09. The van der Waals surface area contributed by atoms with Gasteiger partial charge in [0.05, 0.1) is 10.9 Å². The van der Waals surface area contributed by atoms with Gasteiger partial charge in [-0.2, -0.15) is 13.2 Å². The molecule has 0 aromatic rings. The molecular formula is C10H17F3N2S. The second-order valence-electron chi connectivity index (χ2n) is 4.25. The Kier molecular flexibility index (Phi) is 4.98. The van der Waals surface area contributed by atoms with Crippen molar-refractivity contribution in [1.82, 2.24) is 4.90 Å². The van der Waals surface area contributed by atoms with Gasteiger partial charge in [-0.05, 0) is 38.8 Å². The van der Waals surface area contributed by atoms with Crippen LogP contribution < -0.4 is 5.73 Å². The van der Waals surface area contributed by atoms with Gasteiger partial charge in [0.15, 0.2) is 0 Å². The quantitative estimate of drug-likeness (QED) is 0.781. The standard InChI is InChI=1S/C10H17F3N2S/c11-10(12,13)8-3-1-5-15(7-8)6-2-4-9(14)16/h8H,1-7H2,(H2,14,16). The fourth-order valence-corrected chi connectivity index (χ4v) is 2.15. The van der Waals surface area contributed by atoms with Gasteiger partial charge in [0.1, 0.15) is 0 Å². The molecule has 0 bridgehead atoms. The molecule has 1 unspecified atom stereocenters. The van der Waals surface area contributed by atoms with E-state index in [1.807, 2.05) is 4.90 Å². The van der Waals surface area contributed by atoms with Gasteiger partial charge in [-0.25, -0.2) is 0 Å².